The van der Waals surface area contributed by atoms with Crippen molar-refractivity contribution in [1.29, 1.82) is 0 Å². The number of pyridine rings is 1. The standard InChI is InChI=1S/C27H32N6O4/c1-30-14-16-31(17-15-30)20-8-9-23(25(19-20)36-2)28-26-11-10-24(32-12-3-4-13-32)27(29-26)37-22-7-5-6-21(18-22)33(34)35/h5-11,18-19H,3-4,12-17H2,1-2H3,(H,28,29). The van der Waals surface area contributed by atoms with Crippen molar-refractivity contribution in [3.63, 3.8) is 0 Å². The van der Waals surface area contributed by atoms with Gasteiger partial charge in [-0.15, -0.1) is 0 Å². The van der Waals surface area contributed by atoms with Crippen molar-refractivity contribution < 1.29 is 14.4 Å². The van der Waals surface area contributed by atoms with E-state index >= 15 is 0 Å². The Morgan fingerprint density at radius 3 is 2.46 bits per heavy atom. The van der Waals surface area contributed by atoms with Crippen molar-refractivity contribution in [2.75, 3.05) is 68.5 Å². The molecule has 3 heterocycles. The van der Waals surface area contributed by atoms with Crippen LogP contribution in [0.5, 0.6) is 17.4 Å². The SMILES string of the molecule is COc1cc(N2CCN(C)CC2)ccc1Nc1ccc(N2CCCC2)c(Oc2cccc([N+](=O)[O-])c2)n1. The Morgan fingerprint density at radius 1 is 0.946 bits per heavy atom. The normalized spacial score (nSPS) is 16.1. The molecule has 0 unspecified atom stereocenters. The number of nitro groups is 1. The van der Waals surface area contributed by atoms with Crippen LogP contribution in [0.25, 0.3) is 0 Å². The Kier molecular flexibility index (Phi) is 7.27. The number of piperazine rings is 1. The lowest BCUT2D eigenvalue weighted by Crippen LogP contribution is -2.44. The number of nitrogens with one attached hydrogen (secondary N) is 1. The summed E-state index contributed by atoms with van der Waals surface area (Å²) >= 11 is 0. The maximum atomic E-state index is 11.2. The maximum Gasteiger partial charge on any atom is 0.273 e. The number of anilines is 4. The van der Waals surface area contributed by atoms with Gasteiger partial charge in [0.2, 0.25) is 5.88 Å². The van der Waals surface area contributed by atoms with Gasteiger partial charge in [0.1, 0.15) is 23.0 Å². The van der Waals surface area contributed by atoms with Crippen LogP contribution in [-0.4, -0.2) is 68.2 Å². The van der Waals surface area contributed by atoms with Gasteiger partial charge in [0.25, 0.3) is 5.69 Å². The molecule has 2 aromatic carbocycles. The molecule has 1 N–H and O–H groups in total. The van der Waals surface area contributed by atoms with Gasteiger partial charge in [0.05, 0.1) is 23.8 Å². The number of non-ortho nitro benzene ring substituents is 1. The molecule has 0 spiro atoms. The predicted molar refractivity (Wildman–Crippen MR) is 145 cm³/mol. The van der Waals surface area contributed by atoms with Gasteiger partial charge in [-0.2, -0.15) is 4.98 Å². The van der Waals surface area contributed by atoms with E-state index in [9.17, 15) is 10.1 Å². The molecule has 2 saturated heterocycles. The number of hydrogen-bond donors (Lipinski definition) is 1. The summed E-state index contributed by atoms with van der Waals surface area (Å²) in [5.74, 6) is 2.09. The number of methoxy groups -OCH3 is 1. The molecule has 0 aliphatic carbocycles. The zero-order valence-corrected chi connectivity index (χ0v) is 21.2. The van der Waals surface area contributed by atoms with Crippen LogP contribution in [0.1, 0.15) is 12.8 Å². The molecular weight excluding hydrogens is 472 g/mol. The largest absolute Gasteiger partial charge is 0.494 e. The van der Waals surface area contributed by atoms with E-state index < -0.39 is 4.92 Å². The summed E-state index contributed by atoms with van der Waals surface area (Å²) in [4.78, 5) is 22.5. The molecule has 2 fully saturated rings. The third-order valence-corrected chi connectivity index (χ3v) is 6.85. The molecule has 0 radical (unpaired) electrons. The van der Waals surface area contributed by atoms with Crippen molar-refractivity contribution in [3.05, 3.63) is 64.7 Å². The van der Waals surface area contributed by atoms with Crippen LogP contribution in [-0.2, 0) is 0 Å². The van der Waals surface area contributed by atoms with Crippen LogP contribution in [0.2, 0.25) is 0 Å². The van der Waals surface area contributed by atoms with E-state index in [0.717, 1.165) is 74.9 Å². The molecule has 1 aromatic heterocycles. The molecule has 2 aliphatic rings. The van der Waals surface area contributed by atoms with Crippen molar-refractivity contribution in [2.24, 2.45) is 0 Å². The highest BCUT2D eigenvalue weighted by Gasteiger charge is 2.21. The average Bonchev–Trinajstić information content (AvgIpc) is 3.44. The summed E-state index contributed by atoms with van der Waals surface area (Å²) in [6.07, 6.45) is 2.21. The molecule has 0 amide bonds. The first-order valence-electron chi connectivity index (χ1n) is 12.6. The fraction of sp³-hybridized carbons (Fsp3) is 0.370. The highest BCUT2D eigenvalue weighted by atomic mass is 16.6. The lowest BCUT2D eigenvalue weighted by molar-refractivity contribution is -0.384. The Labute approximate surface area is 216 Å². The molecule has 2 aliphatic heterocycles. The van der Waals surface area contributed by atoms with Gasteiger partial charge >= 0.3 is 0 Å². The topological polar surface area (TPSA) is 96.2 Å². The molecule has 5 rings (SSSR count). The Bertz CT molecular complexity index is 1260. The molecular formula is C27H32N6O4. The molecule has 3 aromatic rings. The molecule has 194 valence electrons. The molecule has 10 nitrogen and oxygen atoms in total. The summed E-state index contributed by atoms with van der Waals surface area (Å²) in [5, 5.41) is 14.6. The van der Waals surface area contributed by atoms with Crippen molar-refractivity contribution >= 4 is 28.6 Å². The van der Waals surface area contributed by atoms with E-state index in [4.69, 9.17) is 14.5 Å². The van der Waals surface area contributed by atoms with Crippen LogP contribution >= 0.6 is 0 Å². The van der Waals surface area contributed by atoms with Crippen LogP contribution < -0.4 is 24.6 Å². The first kappa shape index (κ1) is 24.6. The highest BCUT2D eigenvalue weighted by Crippen LogP contribution is 2.37. The number of rotatable bonds is 8. The second-order valence-corrected chi connectivity index (χ2v) is 9.37. The first-order chi connectivity index (χ1) is 18.0. The van der Waals surface area contributed by atoms with Crippen LogP contribution in [0, 0.1) is 10.1 Å². The summed E-state index contributed by atoms with van der Waals surface area (Å²) < 4.78 is 11.8. The van der Waals surface area contributed by atoms with Gasteiger partial charge in [-0.05, 0) is 50.2 Å². The summed E-state index contributed by atoms with van der Waals surface area (Å²) in [7, 11) is 3.80. The number of nitro benzene ring substituents is 1. The van der Waals surface area contributed by atoms with Crippen molar-refractivity contribution in [1.82, 2.24) is 9.88 Å². The van der Waals surface area contributed by atoms with Gasteiger partial charge in [-0.1, -0.05) is 6.07 Å². The summed E-state index contributed by atoms with van der Waals surface area (Å²) in [6, 6.07) is 16.2. The molecule has 10 heteroatoms. The van der Waals surface area contributed by atoms with E-state index in [2.05, 4.69) is 33.1 Å². The Morgan fingerprint density at radius 2 is 1.73 bits per heavy atom. The fourth-order valence-corrected chi connectivity index (χ4v) is 4.73. The number of ether oxygens (including phenoxy) is 2. The zero-order chi connectivity index (χ0) is 25.8. The van der Waals surface area contributed by atoms with Gasteiger partial charge in [0, 0.05) is 57.1 Å². The fourth-order valence-electron chi connectivity index (χ4n) is 4.73. The third kappa shape index (κ3) is 5.69. The summed E-state index contributed by atoms with van der Waals surface area (Å²) in [5.41, 5.74) is 2.76. The number of nitrogens with zero attached hydrogens (tertiary/aromatic N) is 5. The second kappa shape index (κ2) is 10.9. The highest BCUT2D eigenvalue weighted by molar-refractivity contribution is 5.71. The monoisotopic (exact) mass is 504 g/mol. The Hall–Kier alpha value is -4.05. The van der Waals surface area contributed by atoms with Crippen LogP contribution in [0.3, 0.4) is 0 Å². The van der Waals surface area contributed by atoms with Gasteiger partial charge in [-0.3, -0.25) is 10.1 Å². The Balaban J connectivity index is 1.41. The van der Waals surface area contributed by atoms with E-state index in [0.29, 0.717) is 17.4 Å². The summed E-state index contributed by atoms with van der Waals surface area (Å²) in [6.45, 7) is 5.85. The first-order valence-corrected chi connectivity index (χ1v) is 12.6. The maximum absolute atomic E-state index is 11.2. The lowest BCUT2D eigenvalue weighted by atomic mass is 10.2. The zero-order valence-electron chi connectivity index (χ0n) is 21.2. The minimum Gasteiger partial charge on any atom is -0.494 e. The van der Waals surface area contributed by atoms with Crippen LogP contribution in [0.4, 0.5) is 28.6 Å². The second-order valence-electron chi connectivity index (χ2n) is 9.37. The smallest absolute Gasteiger partial charge is 0.273 e. The van der Waals surface area contributed by atoms with Crippen molar-refractivity contribution in [3.8, 4) is 17.4 Å². The molecule has 37 heavy (non-hydrogen) atoms. The number of likely N-dealkylation sites (N-methyl/N-ethyl adjacent to an activating group) is 1. The number of hydrogen-bond acceptors (Lipinski definition) is 9. The average molecular weight is 505 g/mol. The van der Waals surface area contributed by atoms with Gasteiger partial charge < -0.3 is 29.5 Å². The van der Waals surface area contributed by atoms with Crippen LogP contribution in [0.15, 0.2) is 54.6 Å². The van der Waals surface area contributed by atoms with Gasteiger partial charge in [0.15, 0.2) is 0 Å². The van der Waals surface area contributed by atoms with E-state index in [1.807, 2.05) is 24.3 Å². The molecule has 0 bridgehead atoms. The lowest BCUT2D eigenvalue weighted by Gasteiger charge is -2.34. The predicted octanol–water partition coefficient (Wildman–Crippen LogP) is 4.89. The van der Waals surface area contributed by atoms with E-state index in [-0.39, 0.29) is 5.69 Å². The number of benzene rings is 2. The quantitative estimate of drug-likeness (QED) is 0.340. The minimum absolute atomic E-state index is 0.0281. The third-order valence-electron chi connectivity index (χ3n) is 6.85. The minimum atomic E-state index is -0.433. The van der Waals surface area contributed by atoms with E-state index in [1.165, 1.54) is 12.1 Å². The van der Waals surface area contributed by atoms with E-state index in [1.54, 1.807) is 19.2 Å². The number of aromatic nitrogens is 1. The molecule has 0 saturated carbocycles. The van der Waals surface area contributed by atoms with Gasteiger partial charge in [-0.25, -0.2) is 0 Å². The van der Waals surface area contributed by atoms with Crippen molar-refractivity contribution in [2.45, 2.75) is 12.8 Å². The molecule has 0 atom stereocenters.